The first-order valence-corrected chi connectivity index (χ1v) is 12.3. The van der Waals surface area contributed by atoms with Crippen molar-refractivity contribution in [3.63, 3.8) is 0 Å². The lowest BCUT2D eigenvalue weighted by molar-refractivity contribution is -0.118. The molecule has 1 aliphatic rings. The van der Waals surface area contributed by atoms with Crippen LogP contribution in [-0.2, 0) is 14.3 Å². The van der Waals surface area contributed by atoms with E-state index in [-0.39, 0.29) is 47.2 Å². The van der Waals surface area contributed by atoms with Crippen LogP contribution in [-0.4, -0.2) is 74.8 Å². The van der Waals surface area contributed by atoms with E-state index in [1.54, 1.807) is 45.2 Å². The molecule has 1 saturated heterocycles. The maximum Gasteiger partial charge on any atom is 0.338 e. The van der Waals surface area contributed by atoms with Crippen LogP contribution in [0.4, 0.5) is 11.4 Å². The van der Waals surface area contributed by atoms with Gasteiger partial charge in [0.1, 0.15) is 5.75 Å². The van der Waals surface area contributed by atoms with Gasteiger partial charge in [-0.3, -0.25) is 14.5 Å². The first-order chi connectivity index (χ1) is 17.6. The molecular formula is C26H33ClN4O6. The topological polar surface area (TPSA) is 132 Å². The summed E-state index contributed by atoms with van der Waals surface area (Å²) in [5.74, 6) is -0.632. The van der Waals surface area contributed by atoms with Gasteiger partial charge < -0.3 is 30.6 Å². The fourth-order valence-electron chi connectivity index (χ4n) is 4.07. The molecule has 10 nitrogen and oxygen atoms in total. The maximum absolute atomic E-state index is 12.9. The van der Waals surface area contributed by atoms with Crippen LogP contribution >= 0.6 is 11.6 Å². The molecule has 0 radical (unpaired) electrons. The number of hydrogen-bond acceptors (Lipinski definition) is 8. The minimum atomic E-state index is -0.411. The van der Waals surface area contributed by atoms with Gasteiger partial charge in [0.05, 0.1) is 53.7 Å². The molecule has 0 unspecified atom stereocenters. The predicted molar refractivity (Wildman–Crippen MR) is 141 cm³/mol. The second kappa shape index (κ2) is 12.8. The highest BCUT2D eigenvalue weighted by Gasteiger charge is 2.32. The number of hydrogen-bond donors (Lipinski definition) is 3. The average Bonchev–Trinajstić information content (AvgIpc) is 2.86. The quantitative estimate of drug-likeness (QED) is 0.332. The molecule has 1 fully saturated rings. The van der Waals surface area contributed by atoms with Crippen molar-refractivity contribution < 1.29 is 28.6 Å². The van der Waals surface area contributed by atoms with Crippen molar-refractivity contribution in [3.05, 3.63) is 52.5 Å². The Morgan fingerprint density at radius 2 is 1.86 bits per heavy atom. The highest BCUT2D eigenvalue weighted by molar-refractivity contribution is 6.33. The van der Waals surface area contributed by atoms with Crippen molar-refractivity contribution in [3.8, 4) is 5.75 Å². The largest absolute Gasteiger partial charge is 0.496 e. The van der Waals surface area contributed by atoms with Gasteiger partial charge in [0.2, 0.25) is 5.91 Å². The van der Waals surface area contributed by atoms with Crippen LogP contribution < -0.4 is 21.1 Å². The van der Waals surface area contributed by atoms with Crippen molar-refractivity contribution in [2.24, 2.45) is 0 Å². The number of ether oxygens (including phenoxy) is 3. The molecular weight excluding hydrogens is 500 g/mol. The van der Waals surface area contributed by atoms with Crippen LogP contribution in [0, 0.1) is 0 Å². The Morgan fingerprint density at radius 3 is 2.49 bits per heavy atom. The monoisotopic (exact) mass is 532 g/mol. The molecule has 200 valence electrons. The summed E-state index contributed by atoms with van der Waals surface area (Å²) in [6, 6.07) is 9.26. The third-order valence-corrected chi connectivity index (χ3v) is 6.27. The summed E-state index contributed by atoms with van der Waals surface area (Å²) in [5.41, 5.74) is 7.40. The molecule has 11 heteroatoms. The van der Waals surface area contributed by atoms with Gasteiger partial charge in [0, 0.05) is 32.0 Å². The second-order valence-corrected chi connectivity index (χ2v) is 9.44. The number of methoxy groups -OCH3 is 2. The molecule has 2 aromatic rings. The minimum absolute atomic E-state index is 0.152. The van der Waals surface area contributed by atoms with Crippen LogP contribution in [0.25, 0.3) is 0 Å². The van der Waals surface area contributed by atoms with Gasteiger partial charge >= 0.3 is 5.97 Å². The molecule has 0 aromatic heterocycles. The van der Waals surface area contributed by atoms with Crippen molar-refractivity contribution in [2.45, 2.75) is 38.5 Å². The van der Waals surface area contributed by atoms with E-state index in [1.165, 1.54) is 19.2 Å². The number of esters is 1. The molecule has 0 spiro atoms. The first-order valence-electron chi connectivity index (χ1n) is 11.9. The van der Waals surface area contributed by atoms with E-state index in [9.17, 15) is 14.4 Å². The van der Waals surface area contributed by atoms with Crippen LogP contribution in [0.1, 0.15) is 41.0 Å². The Labute approximate surface area is 221 Å². The normalized spacial score (nSPS) is 17.8. The Kier molecular flexibility index (Phi) is 9.73. The van der Waals surface area contributed by atoms with Crippen molar-refractivity contribution in [2.75, 3.05) is 44.9 Å². The summed E-state index contributed by atoms with van der Waals surface area (Å²) in [7, 11) is 3.02. The zero-order valence-electron chi connectivity index (χ0n) is 21.4. The summed E-state index contributed by atoms with van der Waals surface area (Å²) in [6.07, 6.45) is 0.0427. The summed E-state index contributed by atoms with van der Waals surface area (Å²) in [4.78, 5) is 39.5. The van der Waals surface area contributed by atoms with E-state index in [2.05, 4.69) is 10.6 Å². The Morgan fingerprint density at radius 1 is 1.16 bits per heavy atom. The number of nitrogen functional groups attached to an aromatic ring is 1. The minimum Gasteiger partial charge on any atom is -0.496 e. The zero-order chi connectivity index (χ0) is 27.1. The van der Waals surface area contributed by atoms with Crippen LogP contribution in [0.2, 0.25) is 5.02 Å². The van der Waals surface area contributed by atoms with Gasteiger partial charge in [-0.15, -0.1) is 0 Å². The molecule has 0 bridgehead atoms. The van der Waals surface area contributed by atoms with E-state index in [0.29, 0.717) is 42.2 Å². The van der Waals surface area contributed by atoms with Gasteiger partial charge in [0.15, 0.2) is 0 Å². The Balaban J connectivity index is 1.54. The first kappa shape index (κ1) is 28.2. The number of benzene rings is 2. The smallest absolute Gasteiger partial charge is 0.338 e. The fourth-order valence-corrected chi connectivity index (χ4v) is 4.23. The number of nitrogens with two attached hydrogens (primary N) is 1. The third kappa shape index (κ3) is 7.58. The number of carbonyl (C=O) groups is 3. The Bertz CT molecular complexity index is 1120. The number of halogens is 1. The number of likely N-dealkylation sites (tertiary alicyclic amines) is 1. The highest BCUT2D eigenvalue weighted by Crippen LogP contribution is 2.29. The number of nitrogens with zero attached hydrogens (tertiary/aromatic N) is 1. The van der Waals surface area contributed by atoms with Gasteiger partial charge in [-0.1, -0.05) is 11.6 Å². The molecule has 0 saturated carbocycles. The van der Waals surface area contributed by atoms with E-state index in [0.717, 1.165) is 0 Å². The number of anilines is 2. The number of amides is 2. The number of rotatable bonds is 9. The average molecular weight is 533 g/mol. The van der Waals surface area contributed by atoms with Gasteiger partial charge in [-0.2, -0.15) is 0 Å². The maximum atomic E-state index is 12.9. The number of carbonyl (C=O) groups excluding carboxylic acids is 3. The third-order valence-electron chi connectivity index (χ3n) is 5.94. The number of piperidine rings is 1. The molecule has 1 heterocycles. The van der Waals surface area contributed by atoms with Crippen LogP contribution in [0.3, 0.4) is 0 Å². The standard InChI is InChI=1S/C26H33ClN4O6/c1-15(2)37-26(34)16-5-7-17(8-6-16)29-24(32)14-31-10-9-21(23(13-31)36-4)30-25(33)18-11-19(27)20(28)12-22(18)35-3/h5-8,11-12,15,21,23H,9-10,13-14,28H2,1-4H3,(H,29,32)(H,30,33)/t21-,23+/m1/s1. The molecule has 2 amide bonds. The lowest BCUT2D eigenvalue weighted by Crippen LogP contribution is -2.55. The van der Waals surface area contributed by atoms with Crippen molar-refractivity contribution >= 4 is 40.8 Å². The predicted octanol–water partition coefficient (Wildman–Crippen LogP) is 2.95. The lowest BCUT2D eigenvalue weighted by Gasteiger charge is -2.37. The van der Waals surface area contributed by atoms with E-state index in [1.807, 2.05) is 4.90 Å². The molecule has 3 rings (SSSR count). The SMILES string of the molecule is COc1cc(N)c(Cl)cc1C(=O)N[C@@H]1CCN(CC(=O)Nc2ccc(C(=O)OC(C)C)cc2)C[C@@H]1OC. The molecule has 2 atom stereocenters. The summed E-state index contributed by atoms with van der Waals surface area (Å²) >= 11 is 6.10. The summed E-state index contributed by atoms with van der Waals surface area (Å²) in [5, 5.41) is 6.09. The van der Waals surface area contributed by atoms with Crippen LogP contribution in [0.5, 0.6) is 5.75 Å². The summed E-state index contributed by atoms with van der Waals surface area (Å²) < 4.78 is 16.1. The van der Waals surface area contributed by atoms with Gasteiger partial charge in [-0.05, 0) is 50.6 Å². The van der Waals surface area contributed by atoms with E-state index in [4.69, 9.17) is 31.5 Å². The zero-order valence-corrected chi connectivity index (χ0v) is 22.1. The van der Waals surface area contributed by atoms with Crippen molar-refractivity contribution in [1.82, 2.24) is 10.2 Å². The summed E-state index contributed by atoms with van der Waals surface area (Å²) in [6.45, 7) is 4.75. The lowest BCUT2D eigenvalue weighted by atomic mass is 10.0. The molecule has 0 aliphatic carbocycles. The molecule has 2 aromatic carbocycles. The second-order valence-electron chi connectivity index (χ2n) is 9.03. The van der Waals surface area contributed by atoms with E-state index >= 15 is 0 Å². The van der Waals surface area contributed by atoms with E-state index < -0.39 is 5.97 Å². The fraction of sp³-hybridized carbons (Fsp3) is 0.423. The highest BCUT2D eigenvalue weighted by atomic mass is 35.5. The van der Waals surface area contributed by atoms with Gasteiger partial charge in [-0.25, -0.2) is 4.79 Å². The number of nitrogens with one attached hydrogen (secondary N) is 2. The van der Waals surface area contributed by atoms with Crippen molar-refractivity contribution in [1.29, 1.82) is 0 Å². The van der Waals surface area contributed by atoms with Gasteiger partial charge in [0.25, 0.3) is 5.91 Å². The molecule has 1 aliphatic heterocycles. The Hall–Kier alpha value is -3.34. The van der Waals surface area contributed by atoms with Crippen LogP contribution in [0.15, 0.2) is 36.4 Å². The molecule has 37 heavy (non-hydrogen) atoms. The molecule has 4 N–H and O–H groups in total.